The molecule has 1 aliphatic rings. The van der Waals surface area contributed by atoms with Crippen molar-refractivity contribution in [2.24, 2.45) is 5.73 Å². The standard InChI is InChI=1S/C16H15F2NO2/c1-20-9-5-6-14-11(7-9)13(19)8-15(21-14)10-3-2-4-12(17)16(10)18/h2-7,13,15H,8,19H2,1H3. The summed E-state index contributed by atoms with van der Waals surface area (Å²) in [4.78, 5) is 0. The summed E-state index contributed by atoms with van der Waals surface area (Å²) in [6, 6.07) is 9.03. The van der Waals surface area contributed by atoms with E-state index in [4.69, 9.17) is 15.2 Å². The number of rotatable bonds is 2. The van der Waals surface area contributed by atoms with E-state index < -0.39 is 17.7 Å². The maximum absolute atomic E-state index is 13.9. The molecule has 2 aromatic rings. The van der Waals surface area contributed by atoms with E-state index in [2.05, 4.69) is 0 Å². The van der Waals surface area contributed by atoms with E-state index in [0.29, 0.717) is 17.9 Å². The molecule has 2 N–H and O–H groups in total. The van der Waals surface area contributed by atoms with Crippen LogP contribution in [0.4, 0.5) is 8.78 Å². The van der Waals surface area contributed by atoms with Gasteiger partial charge in [-0.25, -0.2) is 8.78 Å². The molecule has 2 aromatic carbocycles. The molecule has 0 bridgehead atoms. The summed E-state index contributed by atoms with van der Waals surface area (Å²) < 4.78 is 38.2. The molecule has 21 heavy (non-hydrogen) atoms. The highest BCUT2D eigenvalue weighted by Gasteiger charge is 2.29. The minimum atomic E-state index is -0.884. The average Bonchev–Trinajstić information content (AvgIpc) is 2.49. The maximum Gasteiger partial charge on any atom is 0.165 e. The zero-order valence-electron chi connectivity index (χ0n) is 11.5. The van der Waals surface area contributed by atoms with Gasteiger partial charge in [0, 0.05) is 23.6 Å². The Morgan fingerprint density at radius 1 is 1.19 bits per heavy atom. The van der Waals surface area contributed by atoms with Gasteiger partial charge in [-0.1, -0.05) is 12.1 Å². The van der Waals surface area contributed by atoms with Crippen molar-refractivity contribution < 1.29 is 18.3 Å². The summed E-state index contributed by atoms with van der Waals surface area (Å²) in [6.45, 7) is 0. The molecule has 3 rings (SSSR count). The molecule has 0 amide bonds. The van der Waals surface area contributed by atoms with Crippen LogP contribution in [0.3, 0.4) is 0 Å². The molecule has 0 radical (unpaired) electrons. The SMILES string of the molecule is COc1ccc2c(c1)C(N)CC(c1cccc(F)c1F)O2. The second-order valence-corrected chi connectivity index (χ2v) is 5.00. The molecule has 0 aliphatic carbocycles. The summed E-state index contributed by atoms with van der Waals surface area (Å²) in [6.07, 6.45) is -0.225. The number of hydrogen-bond donors (Lipinski definition) is 1. The molecule has 1 aliphatic heterocycles. The van der Waals surface area contributed by atoms with Gasteiger partial charge in [-0.15, -0.1) is 0 Å². The molecule has 0 spiro atoms. The lowest BCUT2D eigenvalue weighted by molar-refractivity contribution is 0.156. The van der Waals surface area contributed by atoms with Crippen molar-refractivity contribution in [3.8, 4) is 11.5 Å². The van der Waals surface area contributed by atoms with Crippen LogP contribution in [-0.2, 0) is 0 Å². The zero-order chi connectivity index (χ0) is 15.0. The van der Waals surface area contributed by atoms with Crippen LogP contribution in [0.15, 0.2) is 36.4 Å². The largest absolute Gasteiger partial charge is 0.497 e. The Kier molecular flexibility index (Phi) is 3.51. The third-order valence-electron chi connectivity index (χ3n) is 3.68. The highest BCUT2D eigenvalue weighted by Crippen LogP contribution is 2.41. The first-order valence-electron chi connectivity index (χ1n) is 6.64. The third kappa shape index (κ3) is 2.45. The molecule has 0 saturated heterocycles. The molecular weight excluding hydrogens is 276 g/mol. The number of methoxy groups -OCH3 is 1. The van der Waals surface area contributed by atoms with Crippen molar-refractivity contribution in [2.75, 3.05) is 7.11 Å². The smallest absolute Gasteiger partial charge is 0.165 e. The topological polar surface area (TPSA) is 44.5 Å². The lowest BCUT2D eigenvalue weighted by Crippen LogP contribution is -2.25. The van der Waals surface area contributed by atoms with Crippen LogP contribution < -0.4 is 15.2 Å². The fourth-order valence-electron chi connectivity index (χ4n) is 2.57. The van der Waals surface area contributed by atoms with Gasteiger partial charge in [-0.05, 0) is 24.3 Å². The summed E-state index contributed by atoms with van der Waals surface area (Å²) in [5.74, 6) is -0.511. The third-order valence-corrected chi connectivity index (χ3v) is 3.68. The lowest BCUT2D eigenvalue weighted by Gasteiger charge is -2.31. The minimum Gasteiger partial charge on any atom is -0.497 e. The van der Waals surface area contributed by atoms with Crippen LogP contribution in [0.1, 0.15) is 29.7 Å². The van der Waals surface area contributed by atoms with Crippen molar-refractivity contribution in [2.45, 2.75) is 18.6 Å². The van der Waals surface area contributed by atoms with Gasteiger partial charge in [0.15, 0.2) is 11.6 Å². The Labute approximate surface area is 121 Å². The molecule has 0 aromatic heterocycles. The van der Waals surface area contributed by atoms with Crippen LogP contribution in [0.2, 0.25) is 0 Å². The zero-order valence-corrected chi connectivity index (χ0v) is 11.5. The predicted molar refractivity (Wildman–Crippen MR) is 74.3 cm³/mol. The normalized spacial score (nSPS) is 20.6. The number of fused-ring (bicyclic) bond motifs is 1. The molecule has 2 atom stereocenters. The van der Waals surface area contributed by atoms with Crippen LogP contribution in [0.5, 0.6) is 11.5 Å². The molecule has 1 heterocycles. The molecule has 0 saturated carbocycles. The van der Waals surface area contributed by atoms with Gasteiger partial charge >= 0.3 is 0 Å². The molecule has 0 fully saturated rings. The number of ether oxygens (including phenoxy) is 2. The Balaban J connectivity index is 1.97. The van der Waals surface area contributed by atoms with Crippen LogP contribution in [-0.4, -0.2) is 7.11 Å². The first-order valence-corrected chi connectivity index (χ1v) is 6.64. The Hall–Kier alpha value is -2.14. The van der Waals surface area contributed by atoms with E-state index in [1.54, 1.807) is 25.3 Å². The number of halogens is 2. The van der Waals surface area contributed by atoms with Crippen LogP contribution in [0.25, 0.3) is 0 Å². The van der Waals surface area contributed by atoms with Gasteiger partial charge in [0.1, 0.15) is 17.6 Å². The van der Waals surface area contributed by atoms with Crippen molar-refractivity contribution in [3.05, 3.63) is 59.2 Å². The van der Waals surface area contributed by atoms with E-state index >= 15 is 0 Å². The van der Waals surface area contributed by atoms with Gasteiger partial charge in [0.2, 0.25) is 0 Å². The Morgan fingerprint density at radius 3 is 2.76 bits per heavy atom. The number of nitrogens with two attached hydrogens (primary N) is 1. The van der Waals surface area contributed by atoms with Crippen LogP contribution in [0, 0.1) is 11.6 Å². The van der Waals surface area contributed by atoms with E-state index in [0.717, 1.165) is 11.6 Å². The summed E-state index contributed by atoms with van der Waals surface area (Å²) in [5, 5.41) is 0. The fraction of sp³-hybridized carbons (Fsp3) is 0.250. The van der Waals surface area contributed by atoms with E-state index in [1.165, 1.54) is 12.1 Å². The minimum absolute atomic E-state index is 0.187. The first kappa shape index (κ1) is 13.8. The highest BCUT2D eigenvalue weighted by atomic mass is 19.2. The molecule has 2 unspecified atom stereocenters. The summed E-state index contributed by atoms with van der Waals surface area (Å²) in [5.41, 5.74) is 7.13. The monoisotopic (exact) mass is 291 g/mol. The molecule has 3 nitrogen and oxygen atoms in total. The second-order valence-electron chi connectivity index (χ2n) is 5.00. The Morgan fingerprint density at radius 2 is 2.00 bits per heavy atom. The first-order chi connectivity index (χ1) is 10.1. The maximum atomic E-state index is 13.9. The van der Waals surface area contributed by atoms with E-state index in [-0.39, 0.29) is 11.6 Å². The second kappa shape index (κ2) is 5.33. The summed E-state index contributed by atoms with van der Waals surface area (Å²) >= 11 is 0. The predicted octanol–water partition coefficient (Wildman–Crippen LogP) is 3.50. The van der Waals surface area contributed by atoms with E-state index in [1.807, 2.05) is 0 Å². The average molecular weight is 291 g/mol. The van der Waals surface area contributed by atoms with E-state index in [9.17, 15) is 8.78 Å². The van der Waals surface area contributed by atoms with Crippen molar-refractivity contribution >= 4 is 0 Å². The lowest BCUT2D eigenvalue weighted by atomic mass is 9.93. The molecular formula is C16H15F2NO2. The number of benzene rings is 2. The fourth-order valence-corrected chi connectivity index (χ4v) is 2.57. The van der Waals surface area contributed by atoms with Crippen molar-refractivity contribution in [1.82, 2.24) is 0 Å². The van der Waals surface area contributed by atoms with Crippen molar-refractivity contribution in [3.63, 3.8) is 0 Å². The van der Waals surface area contributed by atoms with Gasteiger partial charge in [-0.3, -0.25) is 0 Å². The quantitative estimate of drug-likeness (QED) is 0.921. The van der Waals surface area contributed by atoms with Crippen LogP contribution >= 0.6 is 0 Å². The number of hydrogen-bond acceptors (Lipinski definition) is 3. The van der Waals surface area contributed by atoms with Gasteiger partial charge in [-0.2, -0.15) is 0 Å². The molecule has 5 heteroatoms. The summed E-state index contributed by atoms with van der Waals surface area (Å²) in [7, 11) is 1.57. The molecule has 110 valence electrons. The van der Waals surface area contributed by atoms with Gasteiger partial charge < -0.3 is 15.2 Å². The van der Waals surface area contributed by atoms with Gasteiger partial charge in [0.05, 0.1) is 7.11 Å². The van der Waals surface area contributed by atoms with Crippen molar-refractivity contribution in [1.29, 1.82) is 0 Å². The Bertz CT molecular complexity index is 675. The van der Waals surface area contributed by atoms with Gasteiger partial charge in [0.25, 0.3) is 0 Å². The highest BCUT2D eigenvalue weighted by molar-refractivity contribution is 5.44.